The summed E-state index contributed by atoms with van der Waals surface area (Å²) < 4.78 is 343. The van der Waals surface area contributed by atoms with E-state index in [1.54, 1.807) is 6.20 Å². The molecule has 0 aliphatic carbocycles. The van der Waals surface area contributed by atoms with Crippen molar-refractivity contribution in [2.45, 2.75) is 62.4 Å². The van der Waals surface area contributed by atoms with Gasteiger partial charge in [-0.25, -0.2) is 0 Å². The zero-order chi connectivity index (χ0) is 56.5. The van der Waals surface area contributed by atoms with E-state index < -0.39 is 195 Å². The van der Waals surface area contributed by atoms with Crippen LogP contribution in [0.4, 0.5) is 105 Å². The first-order valence-corrected chi connectivity index (χ1v) is 20.7. The largest absolute Gasteiger partial charge is 0.416 e. The SMILES string of the molecule is FC(F)(F)c1cc([B-](c2cc(C(F)(F)F)cc(C(F)(F)F)c2)(c2cc(C(F)(F)F)cc(C(F)(F)F)c2)c2cc(C(F)(F)F)cc(C(F)(F)F)c2)cc(C(F)(F)F)c1.OCCC=Cc1cncc[n+]1Cc1ccccc1. The molecule has 1 aromatic heterocycles. The Morgan fingerprint density at radius 1 is 0.413 bits per heavy atom. The minimum absolute atomic E-state index is 0.176. The maximum Gasteiger partial charge on any atom is 0.416 e. The van der Waals surface area contributed by atoms with Crippen molar-refractivity contribution in [2.24, 2.45) is 0 Å². The van der Waals surface area contributed by atoms with Gasteiger partial charge in [-0.15, -0.1) is 0 Å². The van der Waals surface area contributed by atoms with Gasteiger partial charge >= 0.3 is 49.4 Å². The molecule has 0 aliphatic heterocycles. The summed E-state index contributed by atoms with van der Waals surface area (Å²) in [6.45, 7) is 0.998. The van der Waals surface area contributed by atoms with Crippen molar-refractivity contribution in [1.29, 1.82) is 0 Å². The van der Waals surface area contributed by atoms with Crippen molar-refractivity contribution >= 4 is 34.1 Å². The van der Waals surface area contributed by atoms with Crippen LogP contribution in [0, 0.1) is 0 Å². The molecule has 6 aromatic rings. The highest BCUT2D eigenvalue weighted by Crippen LogP contribution is 2.41. The smallest absolute Gasteiger partial charge is 0.396 e. The molecule has 0 fully saturated rings. The highest BCUT2D eigenvalue weighted by molar-refractivity contribution is 7.20. The van der Waals surface area contributed by atoms with E-state index in [1.165, 1.54) is 5.56 Å². The predicted octanol–water partition coefficient (Wildman–Crippen LogP) is 13.0. The van der Waals surface area contributed by atoms with Gasteiger partial charge < -0.3 is 5.11 Å². The van der Waals surface area contributed by atoms with Crippen LogP contribution in [0.15, 0.2) is 128 Å². The molecule has 0 radical (unpaired) electrons. The van der Waals surface area contributed by atoms with Crippen LogP contribution in [0.5, 0.6) is 0 Å². The quantitative estimate of drug-likeness (QED) is 0.0890. The van der Waals surface area contributed by atoms with E-state index in [1.807, 2.05) is 42.7 Å². The minimum atomic E-state index is -6.13. The van der Waals surface area contributed by atoms with Crippen LogP contribution in [-0.4, -0.2) is 22.8 Å². The number of hydrogen-bond donors (Lipinski definition) is 1. The summed E-state index contributed by atoms with van der Waals surface area (Å²) >= 11 is 0. The fraction of sp³-hybridized carbons (Fsp3) is 0.234. The van der Waals surface area contributed by atoms with Gasteiger partial charge in [0.15, 0.2) is 12.7 Å². The molecule has 0 atom stereocenters. The minimum Gasteiger partial charge on any atom is -0.396 e. The monoisotopic (exact) mass is 1100 g/mol. The van der Waals surface area contributed by atoms with Gasteiger partial charge in [-0.05, 0) is 30.7 Å². The molecule has 0 aliphatic rings. The molecule has 1 heterocycles. The van der Waals surface area contributed by atoms with Crippen LogP contribution in [0.25, 0.3) is 6.08 Å². The van der Waals surface area contributed by atoms with Crippen molar-refractivity contribution in [3.63, 3.8) is 0 Å². The number of rotatable bonds is 9. The fourth-order valence-electron chi connectivity index (χ4n) is 7.81. The third kappa shape index (κ3) is 14.4. The zero-order valence-corrected chi connectivity index (χ0v) is 36.8. The Kier molecular flexibility index (Phi) is 16.7. The molecule has 75 heavy (non-hydrogen) atoms. The molecule has 0 spiro atoms. The summed E-state index contributed by atoms with van der Waals surface area (Å²) in [6, 6.07) is 1.50. The first kappa shape index (κ1) is 59.1. The lowest BCUT2D eigenvalue weighted by Gasteiger charge is -2.46. The molecular formula is C47H29BF24N2O. The maximum absolute atomic E-state index is 14.2. The molecule has 404 valence electrons. The summed E-state index contributed by atoms with van der Waals surface area (Å²) in [5.41, 5.74) is -27.9. The summed E-state index contributed by atoms with van der Waals surface area (Å²) in [6.07, 6.45) is -44.6. The molecule has 1 N–H and O–H groups in total. The number of aromatic nitrogens is 2. The first-order chi connectivity index (χ1) is 34.2. The lowest BCUT2D eigenvalue weighted by molar-refractivity contribution is -0.690. The van der Waals surface area contributed by atoms with Crippen LogP contribution in [0.1, 0.15) is 62.2 Å². The van der Waals surface area contributed by atoms with Crippen molar-refractivity contribution in [3.8, 4) is 0 Å². The van der Waals surface area contributed by atoms with Gasteiger partial charge in [0.2, 0.25) is 5.69 Å². The standard InChI is InChI=1S/C32H12BF24.C15H17N2O/c34-25(35,36)13-1-14(26(37,38)39)6-21(5-13)33(22-7-15(27(40,41)42)2-16(8-22)28(43,44)45,23-9-17(29(46,47)48)3-18(10-23)30(49,50)51)24-11-19(31(52,53)54)4-20(12-24)32(55,56)57;18-11-5-4-8-15-12-16-9-10-17(15)13-14-6-2-1-3-7-14/h1-12H;1-4,6-10,12,18H,5,11,13H2/q-1;+1. The highest BCUT2D eigenvalue weighted by atomic mass is 19.4. The highest BCUT2D eigenvalue weighted by Gasteiger charge is 2.47. The van der Waals surface area contributed by atoms with Crippen LogP contribution >= 0.6 is 0 Å². The second-order valence-corrected chi connectivity index (χ2v) is 16.3. The molecule has 3 nitrogen and oxygen atoms in total. The Morgan fingerprint density at radius 2 is 0.693 bits per heavy atom. The van der Waals surface area contributed by atoms with Crippen LogP contribution in [0.3, 0.4) is 0 Å². The predicted molar refractivity (Wildman–Crippen MR) is 221 cm³/mol. The molecule has 0 saturated heterocycles. The molecular weight excluding hydrogens is 1080 g/mol. The zero-order valence-electron chi connectivity index (χ0n) is 36.8. The normalized spacial score (nSPS) is 13.5. The average Bonchev–Trinajstić information content (AvgIpc) is 3.28. The number of halogens is 24. The van der Waals surface area contributed by atoms with E-state index in [0.29, 0.717) is 6.42 Å². The van der Waals surface area contributed by atoms with E-state index in [-0.39, 0.29) is 6.61 Å². The molecule has 0 amide bonds. The number of hydrogen-bond acceptors (Lipinski definition) is 2. The van der Waals surface area contributed by atoms with E-state index in [4.69, 9.17) is 5.11 Å². The van der Waals surface area contributed by atoms with Gasteiger partial charge in [-0.2, -0.15) is 132 Å². The number of alkyl halides is 24. The Hall–Kier alpha value is -6.74. The van der Waals surface area contributed by atoms with Gasteiger partial charge in [0.25, 0.3) is 0 Å². The van der Waals surface area contributed by atoms with Gasteiger partial charge in [-0.1, -0.05) is 84.9 Å². The fourth-order valence-corrected chi connectivity index (χ4v) is 7.81. The molecule has 0 bridgehead atoms. The van der Waals surface area contributed by atoms with Crippen molar-refractivity contribution in [2.75, 3.05) is 6.61 Å². The lowest BCUT2D eigenvalue weighted by Crippen LogP contribution is -2.75. The second-order valence-electron chi connectivity index (χ2n) is 16.3. The summed E-state index contributed by atoms with van der Waals surface area (Å²) in [5, 5.41) is 8.78. The number of aliphatic hydroxyl groups is 1. The van der Waals surface area contributed by atoms with Crippen molar-refractivity contribution in [3.05, 3.63) is 184 Å². The van der Waals surface area contributed by atoms with Gasteiger partial charge in [0, 0.05) is 18.2 Å². The molecule has 6 rings (SSSR count). The van der Waals surface area contributed by atoms with E-state index in [9.17, 15) is 105 Å². The Labute approximate surface area is 406 Å². The Balaban J connectivity index is 0.000000483. The molecule has 0 saturated carbocycles. The number of benzene rings is 5. The third-order valence-electron chi connectivity index (χ3n) is 11.1. The summed E-state index contributed by atoms with van der Waals surface area (Å²) in [7, 11) is 0. The molecule has 0 unspecified atom stereocenters. The van der Waals surface area contributed by atoms with Crippen LogP contribution in [-0.2, 0) is 56.0 Å². The third-order valence-corrected chi connectivity index (χ3v) is 11.1. The molecule has 28 heteroatoms. The van der Waals surface area contributed by atoms with E-state index >= 15 is 0 Å². The maximum atomic E-state index is 14.2. The average molecular weight is 1100 g/mol. The Bertz CT molecular complexity index is 2540. The number of nitrogens with zero attached hydrogens (tertiary/aromatic N) is 2. The summed E-state index contributed by atoms with van der Waals surface area (Å²) in [5.74, 6) is 0. The lowest BCUT2D eigenvalue weighted by atomic mass is 9.12. The number of aliphatic hydroxyl groups excluding tert-OH is 1. The second kappa shape index (κ2) is 21.1. The van der Waals surface area contributed by atoms with E-state index in [2.05, 4.69) is 21.7 Å². The van der Waals surface area contributed by atoms with Crippen LogP contribution in [0.2, 0.25) is 0 Å². The van der Waals surface area contributed by atoms with Gasteiger partial charge in [-0.3, -0.25) is 4.98 Å². The molecule has 5 aromatic carbocycles. The van der Waals surface area contributed by atoms with Gasteiger partial charge in [0.1, 0.15) is 6.15 Å². The van der Waals surface area contributed by atoms with Gasteiger partial charge in [0.05, 0.1) is 56.9 Å². The summed E-state index contributed by atoms with van der Waals surface area (Å²) in [4.78, 5) is 4.13. The van der Waals surface area contributed by atoms with Crippen LogP contribution < -0.4 is 26.4 Å². The van der Waals surface area contributed by atoms with E-state index in [0.717, 1.165) is 12.2 Å². The van der Waals surface area contributed by atoms with Crippen molar-refractivity contribution < 1.29 is 115 Å². The Morgan fingerprint density at radius 3 is 0.947 bits per heavy atom. The van der Waals surface area contributed by atoms with Crippen molar-refractivity contribution in [1.82, 2.24) is 4.98 Å². The topological polar surface area (TPSA) is 37.0 Å². The first-order valence-electron chi connectivity index (χ1n) is 20.7.